The second-order valence-corrected chi connectivity index (χ2v) is 20.4. The third-order valence-electron chi connectivity index (χ3n) is 10.6. The van der Waals surface area contributed by atoms with Crippen molar-refractivity contribution in [2.45, 2.75) is 134 Å². The standard InChI is InChI=1S/C33H62O6P2/c1-29(2,3)23-13-15-27(25(17-23)31(7,8)9)38-40-34-19-33(20-35-40)21-36-41(37-22-33)39-28-16-14-24(30(4,5)6)18-26(28)32(10,11)12/h23-28H,13-22H2,1-12H3. The van der Waals surface area contributed by atoms with E-state index < -0.39 is 17.2 Å². The van der Waals surface area contributed by atoms with Crippen LogP contribution in [0.4, 0.5) is 0 Å². The van der Waals surface area contributed by atoms with Crippen molar-refractivity contribution in [1.82, 2.24) is 0 Å². The van der Waals surface area contributed by atoms with E-state index in [4.69, 9.17) is 27.1 Å². The van der Waals surface area contributed by atoms with E-state index in [1.807, 2.05) is 0 Å². The van der Waals surface area contributed by atoms with E-state index in [1.165, 1.54) is 25.7 Å². The van der Waals surface area contributed by atoms with Crippen LogP contribution in [-0.4, -0.2) is 38.6 Å². The van der Waals surface area contributed by atoms with Crippen LogP contribution in [0.2, 0.25) is 0 Å². The number of hydrogen-bond acceptors (Lipinski definition) is 6. The number of hydrogen-bond donors (Lipinski definition) is 0. The molecule has 2 saturated heterocycles. The minimum atomic E-state index is -1.36. The molecule has 2 aliphatic carbocycles. The van der Waals surface area contributed by atoms with Crippen molar-refractivity contribution < 1.29 is 27.1 Å². The predicted octanol–water partition coefficient (Wildman–Crippen LogP) is 10.3. The average Bonchev–Trinajstić information content (AvgIpc) is 2.85. The third-order valence-corrected chi connectivity index (χ3v) is 12.8. The summed E-state index contributed by atoms with van der Waals surface area (Å²) in [6.45, 7) is 30.5. The Bertz CT molecular complexity index is 764. The molecule has 6 nitrogen and oxygen atoms in total. The van der Waals surface area contributed by atoms with Crippen LogP contribution in [0.5, 0.6) is 0 Å². The van der Waals surface area contributed by atoms with E-state index in [0.717, 1.165) is 24.7 Å². The summed E-state index contributed by atoms with van der Waals surface area (Å²) in [4.78, 5) is 0. The third kappa shape index (κ3) is 8.88. The zero-order chi connectivity index (χ0) is 30.4. The fraction of sp³-hybridized carbons (Fsp3) is 1.00. The quantitative estimate of drug-likeness (QED) is 0.293. The molecule has 0 amide bonds. The Morgan fingerprint density at radius 1 is 0.488 bits per heavy atom. The van der Waals surface area contributed by atoms with Crippen molar-refractivity contribution in [3.63, 3.8) is 0 Å². The molecule has 2 aliphatic heterocycles. The van der Waals surface area contributed by atoms with Crippen LogP contribution in [0, 0.1) is 50.7 Å². The lowest BCUT2D eigenvalue weighted by Gasteiger charge is -2.48. The summed E-state index contributed by atoms with van der Waals surface area (Å²) in [7, 11) is -2.71. The Balaban J connectivity index is 1.26. The maximum atomic E-state index is 6.58. The van der Waals surface area contributed by atoms with Gasteiger partial charge in [0, 0.05) is 0 Å². The van der Waals surface area contributed by atoms with Gasteiger partial charge in [-0.05, 0) is 83.9 Å². The van der Waals surface area contributed by atoms with Crippen LogP contribution >= 0.6 is 17.2 Å². The van der Waals surface area contributed by atoms with Crippen LogP contribution in [0.25, 0.3) is 0 Å². The molecule has 240 valence electrons. The first-order valence-corrected chi connectivity index (χ1v) is 18.4. The van der Waals surface area contributed by atoms with Gasteiger partial charge in [0.25, 0.3) is 0 Å². The van der Waals surface area contributed by atoms with E-state index >= 15 is 0 Å². The van der Waals surface area contributed by atoms with Crippen LogP contribution < -0.4 is 0 Å². The fourth-order valence-electron chi connectivity index (χ4n) is 7.36. The minimum Gasteiger partial charge on any atom is -0.311 e. The molecule has 0 aromatic heterocycles. The molecule has 41 heavy (non-hydrogen) atoms. The molecule has 1 spiro atoms. The van der Waals surface area contributed by atoms with Gasteiger partial charge in [0.05, 0.1) is 44.1 Å². The molecule has 0 aromatic carbocycles. The number of rotatable bonds is 4. The van der Waals surface area contributed by atoms with Crippen LogP contribution in [0.15, 0.2) is 0 Å². The van der Waals surface area contributed by atoms with Crippen molar-refractivity contribution in [3.05, 3.63) is 0 Å². The summed E-state index contributed by atoms with van der Waals surface area (Å²) in [6, 6.07) is 0. The molecule has 8 heteroatoms. The lowest BCUT2D eigenvalue weighted by atomic mass is 9.62. The van der Waals surface area contributed by atoms with Crippen molar-refractivity contribution in [2.75, 3.05) is 26.4 Å². The summed E-state index contributed by atoms with van der Waals surface area (Å²) in [6.07, 6.45) is 7.30. The summed E-state index contributed by atoms with van der Waals surface area (Å²) >= 11 is 0. The predicted molar refractivity (Wildman–Crippen MR) is 169 cm³/mol. The lowest BCUT2D eigenvalue weighted by Crippen LogP contribution is -2.46. The summed E-state index contributed by atoms with van der Waals surface area (Å²) < 4.78 is 38.2. The molecule has 0 aromatic rings. The molecule has 4 rings (SSSR count). The van der Waals surface area contributed by atoms with E-state index in [2.05, 4.69) is 83.1 Å². The van der Waals surface area contributed by atoms with E-state index in [-0.39, 0.29) is 28.5 Å². The molecule has 0 bridgehead atoms. The zero-order valence-electron chi connectivity index (χ0n) is 28.4. The molecular weight excluding hydrogens is 554 g/mol. The zero-order valence-corrected chi connectivity index (χ0v) is 30.2. The maximum absolute atomic E-state index is 6.58. The molecular formula is C33H62O6P2. The van der Waals surface area contributed by atoms with Gasteiger partial charge in [-0.3, -0.25) is 0 Å². The van der Waals surface area contributed by atoms with E-state index in [9.17, 15) is 0 Å². The van der Waals surface area contributed by atoms with Gasteiger partial charge in [0.1, 0.15) is 0 Å². The highest BCUT2D eigenvalue weighted by atomic mass is 31.2. The normalized spacial score (nSPS) is 40.1. The monoisotopic (exact) mass is 616 g/mol. The summed E-state index contributed by atoms with van der Waals surface area (Å²) in [5.41, 5.74) is 0.731. The summed E-state index contributed by atoms with van der Waals surface area (Å²) in [5.74, 6) is 2.42. The van der Waals surface area contributed by atoms with Crippen LogP contribution in [0.3, 0.4) is 0 Å². The largest absolute Gasteiger partial charge is 0.332 e. The Hall–Kier alpha value is 0.620. The van der Waals surface area contributed by atoms with Gasteiger partial charge in [-0.2, -0.15) is 0 Å². The average molecular weight is 617 g/mol. The Morgan fingerprint density at radius 2 is 0.805 bits per heavy atom. The first kappa shape index (κ1) is 34.5. The van der Waals surface area contributed by atoms with Gasteiger partial charge >= 0.3 is 17.2 Å². The van der Waals surface area contributed by atoms with Gasteiger partial charge in [-0.15, -0.1) is 0 Å². The molecule has 2 heterocycles. The Morgan fingerprint density at radius 3 is 1.07 bits per heavy atom. The molecule has 6 unspecified atom stereocenters. The molecule has 0 N–H and O–H groups in total. The van der Waals surface area contributed by atoms with Crippen molar-refractivity contribution in [1.29, 1.82) is 0 Å². The van der Waals surface area contributed by atoms with E-state index in [1.54, 1.807) is 0 Å². The van der Waals surface area contributed by atoms with Gasteiger partial charge in [-0.1, -0.05) is 83.1 Å². The van der Waals surface area contributed by atoms with Crippen molar-refractivity contribution in [3.8, 4) is 0 Å². The van der Waals surface area contributed by atoms with E-state index in [0.29, 0.717) is 49.1 Å². The van der Waals surface area contributed by atoms with Crippen molar-refractivity contribution in [2.24, 2.45) is 50.7 Å². The summed E-state index contributed by atoms with van der Waals surface area (Å²) in [5, 5.41) is 0. The molecule has 4 fully saturated rings. The smallest absolute Gasteiger partial charge is 0.311 e. The fourth-order valence-corrected chi connectivity index (χ4v) is 10.2. The van der Waals surface area contributed by atoms with Crippen molar-refractivity contribution >= 4 is 17.2 Å². The van der Waals surface area contributed by atoms with Gasteiger partial charge < -0.3 is 27.1 Å². The second kappa shape index (κ2) is 12.8. The minimum absolute atomic E-state index is 0.179. The topological polar surface area (TPSA) is 55.4 Å². The van der Waals surface area contributed by atoms with Gasteiger partial charge in [-0.25, -0.2) is 0 Å². The highest BCUT2D eigenvalue weighted by Gasteiger charge is 2.49. The highest BCUT2D eigenvalue weighted by Crippen LogP contribution is 2.58. The van der Waals surface area contributed by atoms with Gasteiger partial charge in [0.15, 0.2) is 0 Å². The lowest BCUT2D eigenvalue weighted by molar-refractivity contribution is -0.0979. The van der Waals surface area contributed by atoms with Crippen LogP contribution in [-0.2, 0) is 27.1 Å². The molecule has 4 aliphatic rings. The molecule has 0 radical (unpaired) electrons. The van der Waals surface area contributed by atoms with Crippen LogP contribution in [0.1, 0.15) is 122 Å². The molecule has 2 saturated carbocycles. The molecule has 6 atom stereocenters. The SMILES string of the molecule is CC(C)(C)C1CCC(OP2OCC3(CO2)COP(OC2CCC(C(C)(C)C)CC2C(C)(C)C)OC3)C(C(C)(C)C)C1. The second-order valence-electron chi connectivity index (χ2n) is 18.0. The Kier molecular flexibility index (Phi) is 10.8. The Labute approximate surface area is 255 Å². The van der Waals surface area contributed by atoms with Gasteiger partial charge in [0.2, 0.25) is 0 Å². The first-order chi connectivity index (χ1) is 18.8. The maximum Gasteiger partial charge on any atom is 0.332 e. The highest BCUT2D eigenvalue weighted by molar-refractivity contribution is 7.42. The first-order valence-electron chi connectivity index (χ1n) is 16.2.